The van der Waals surface area contributed by atoms with Gasteiger partial charge in [0.2, 0.25) is 0 Å². The second-order valence-corrected chi connectivity index (χ2v) is 7.92. The van der Waals surface area contributed by atoms with Gasteiger partial charge in [0.25, 0.3) is 11.8 Å². The SMILES string of the molecule is C[N+](C)(C)Cc1cc(N2C(=O)c3cccc4cccc(c34)C2=O)ccc1O. The number of aromatic hydroxyl groups is 1. The van der Waals surface area contributed by atoms with Gasteiger partial charge in [0.05, 0.1) is 32.4 Å². The van der Waals surface area contributed by atoms with E-state index in [0.29, 0.717) is 38.8 Å². The van der Waals surface area contributed by atoms with Crippen LogP contribution in [0.5, 0.6) is 5.75 Å². The van der Waals surface area contributed by atoms with E-state index in [0.717, 1.165) is 5.39 Å². The third-order valence-electron chi connectivity index (χ3n) is 4.74. The Kier molecular flexibility index (Phi) is 3.78. The summed E-state index contributed by atoms with van der Waals surface area (Å²) in [7, 11) is 6.04. The van der Waals surface area contributed by atoms with Gasteiger partial charge in [-0.05, 0) is 35.7 Å². The molecule has 0 atom stereocenters. The summed E-state index contributed by atoms with van der Waals surface area (Å²) in [5, 5.41) is 11.8. The predicted octanol–water partition coefficient (Wildman–Crippen LogP) is 3.55. The molecule has 0 aromatic heterocycles. The number of phenolic OH excluding ortho intramolecular Hbond substituents is 1. The lowest BCUT2D eigenvalue weighted by Crippen LogP contribution is -2.40. The van der Waals surface area contributed by atoms with Gasteiger partial charge in [-0.25, -0.2) is 4.90 Å². The molecular weight excluding hydrogens is 340 g/mol. The van der Waals surface area contributed by atoms with Crippen molar-refractivity contribution in [2.45, 2.75) is 6.54 Å². The predicted molar refractivity (Wildman–Crippen MR) is 105 cm³/mol. The summed E-state index contributed by atoms with van der Waals surface area (Å²) in [6, 6.07) is 15.8. The average Bonchev–Trinajstić information content (AvgIpc) is 2.61. The first-order chi connectivity index (χ1) is 12.8. The van der Waals surface area contributed by atoms with Crippen molar-refractivity contribution in [1.29, 1.82) is 0 Å². The molecule has 3 aromatic carbocycles. The average molecular weight is 361 g/mol. The molecule has 0 spiro atoms. The Labute approximate surface area is 157 Å². The van der Waals surface area contributed by atoms with Crippen molar-refractivity contribution >= 4 is 28.3 Å². The minimum atomic E-state index is -0.341. The second kappa shape index (κ2) is 5.93. The van der Waals surface area contributed by atoms with E-state index in [1.807, 2.05) is 45.4 Å². The van der Waals surface area contributed by atoms with Crippen molar-refractivity contribution in [1.82, 2.24) is 0 Å². The zero-order chi connectivity index (χ0) is 19.3. The highest BCUT2D eigenvalue weighted by atomic mass is 16.3. The Bertz CT molecular complexity index is 1050. The maximum atomic E-state index is 13.1. The molecule has 0 bridgehead atoms. The van der Waals surface area contributed by atoms with Crippen LogP contribution in [0.2, 0.25) is 0 Å². The highest BCUT2D eigenvalue weighted by Crippen LogP contribution is 2.34. The first-order valence-electron chi connectivity index (χ1n) is 8.79. The van der Waals surface area contributed by atoms with E-state index in [9.17, 15) is 14.7 Å². The Morgan fingerprint density at radius 3 is 2.04 bits per heavy atom. The molecule has 0 radical (unpaired) electrons. The molecule has 0 saturated carbocycles. The second-order valence-electron chi connectivity index (χ2n) is 7.92. The van der Waals surface area contributed by atoms with Crippen LogP contribution in [-0.4, -0.2) is 42.5 Å². The number of anilines is 1. The van der Waals surface area contributed by atoms with Crippen LogP contribution in [0.3, 0.4) is 0 Å². The first-order valence-corrected chi connectivity index (χ1v) is 8.79. The smallest absolute Gasteiger partial charge is 0.265 e. The van der Waals surface area contributed by atoms with Crippen LogP contribution in [0.15, 0.2) is 54.6 Å². The highest BCUT2D eigenvalue weighted by Gasteiger charge is 2.34. The van der Waals surface area contributed by atoms with E-state index in [2.05, 4.69) is 0 Å². The molecule has 3 aromatic rings. The summed E-state index contributed by atoms with van der Waals surface area (Å²) in [6.45, 7) is 0.571. The number of phenols is 1. The molecule has 0 saturated heterocycles. The molecule has 1 aliphatic rings. The van der Waals surface area contributed by atoms with Gasteiger partial charge >= 0.3 is 0 Å². The van der Waals surface area contributed by atoms with E-state index < -0.39 is 0 Å². The number of quaternary nitrogens is 1. The van der Waals surface area contributed by atoms with Crippen molar-refractivity contribution in [3.05, 3.63) is 71.3 Å². The molecule has 5 nitrogen and oxygen atoms in total. The third-order valence-corrected chi connectivity index (χ3v) is 4.74. The number of benzene rings is 3. The zero-order valence-corrected chi connectivity index (χ0v) is 15.6. The fourth-order valence-corrected chi connectivity index (χ4v) is 3.61. The number of carbonyl (C=O) groups is 2. The lowest BCUT2D eigenvalue weighted by molar-refractivity contribution is -0.884. The Morgan fingerprint density at radius 2 is 1.48 bits per heavy atom. The van der Waals surface area contributed by atoms with Gasteiger partial charge < -0.3 is 9.59 Å². The molecule has 27 heavy (non-hydrogen) atoms. The van der Waals surface area contributed by atoms with Gasteiger partial charge in [-0.15, -0.1) is 0 Å². The van der Waals surface area contributed by atoms with Crippen molar-refractivity contribution in [2.75, 3.05) is 26.0 Å². The molecule has 136 valence electrons. The van der Waals surface area contributed by atoms with Crippen LogP contribution in [0.25, 0.3) is 10.8 Å². The third kappa shape index (κ3) is 2.86. The molecule has 5 heteroatoms. The van der Waals surface area contributed by atoms with Gasteiger partial charge in [-0.3, -0.25) is 9.59 Å². The van der Waals surface area contributed by atoms with Gasteiger partial charge in [0.15, 0.2) is 0 Å². The van der Waals surface area contributed by atoms with E-state index >= 15 is 0 Å². The lowest BCUT2D eigenvalue weighted by atomic mass is 9.93. The number of nitrogens with zero attached hydrogens (tertiary/aromatic N) is 2. The number of amides is 2. The molecule has 4 rings (SSSR count). The van der Waals surface area contributed by atoms with Gasteiger partial charge in [-0.1, -0.05) is 24.3 Å². The monoisotopic (exact) mass is 361 g/mol. The summed E-state index contributed by atoms with van der Waals surface area (Å²) in [4.78, 5) is 27.5. The Hall–Kier alpha value is -3.18. The minimum Gasteiger partial charge on any atom is -0.507 e. The lowest BCUT2D eigenvalue weighted by Gasteiger charge is -2.28. The highest BCUT2D eigenvalue weighted by molar-refractivity contribution is 6.35. The standard InChI is InChI=1S/C22H20N2O3/c1-24(2,3)13-15-12-16(10-11-19(15)25)23-21(26)17-8-4-6-14-7-5-9-18(20(14)17)22(23)27/h4-12H,13H2,1-3H3/p+1. The van der Waals surface area contributed by atoms with Crippen LogP contribution >= 0.6 is 0 Å². The Morgan fingerprint density at radius 1 is 0.889 bits per heavy atom. The van der Waals surface area contributed by atoms with E-state index in [1.54, 1.807) is 30.3 Å². The largest absolute Gasteiger partial charge is 0.507 e. The maximum Gasteiger partial charge on any atom is 0.265 e. The molecule has 2 amide bonds. The van der Waals surface area contributed by atoms with E-state index in [1.165, 1.54) is 4.90 Å². The van der Waals surface area contributed by atoms with Crippen molar-refractivity contribution in [3.8, 4) is 5.75 Å². The van der Waals surface area contributed by atoms with Gasteiger partial charge in [-0.2, -0.15) is 0 Å². The van der Waals surface area contributed by atoms with E-state index in [-0.39, 0.29) is 17.6 Å². The summed E-state index contributed by atoms with van der Waals surface area (Å²) < 4.78 is 0.612. The van der Waals surface area contributed by atoms with E-state index in [4.69, 9.17) is 0 Å². The number of hydrogen-bond donors (Lipinski definition) is 1. The molecule has 0 fully saturated rings. The molecule has 0 aliphatic carbocycles. The zero-order valence-electron chi connectivity index (χ0n) is 15.6. The van der Waals surface area contributed by atoms with Gasteiger partial charge in [0.1, 0.15) is 12.3 Å². The topological polar surface area (TPSA) is 57.6 Å². The first kappa shape index (κ1) is 17.2. The number of imide groups is 1. The fraction of sp³-hybridized carbons (Fsp3) is 0.182. The number of rotatable bonds is 3. The number of carbonyl (C=O) groups excluding carboxylic acids is 2. The Balaban J connectivity index is 1.86. The van der Waals surface area contributed by atoms with Crippen LogP contribution in [0.1, 0.15) is 26.3 Å². The molecule has 1 aliphatic heterocycles. The maximum absolute atomic E-state index is 13.1. The van der Waals surface area contributed by atoms with Crippen LogP contribution in [0, 0.1) is 0 Å². The molecular formula is C22H21N2O3+. The van der Waals surface area contributed by atoms with Crippen molar-refractivity contribution < 1.29 is 19.2 Å². The molecule has 1 heterocycles. The normalized spacial score (nSPS) is 14.1. The van der Waals surface area contributed by atoms with Crippen LogP contribution in [0.4, 0.5) is 5.69 Å². The van der Waals surface area contributed by atoms with Crippen molar-refractivity contribution in [3.63, 3.8) is 0 Å². The summed E-state index contributed by atoms with van der Waals surface area (Å²) in [5.41, 5.74) is 2.20. The number of hydrogen-bond acceptors (Lipinski definition) is 3. The molecule has 0 unspecified atom stereocenters. The quantitative estimate of drug-likeness (QED) is 0.573. The summed E-state index contributed by atoms with van der Waals surface area (Å²) in [5.74, 6) is -0.524. The molecule has 1 N–H and O–H groups in total. The van der Waals surface area contributed by atoms with Crippen molar-refractivity contribution in [2.24, 2.45) is 0 Å². The summed E-state index contributed by atoms with van der Waals surface area (Å²) in [6.07, 6.45) is 0. The van der Waals surface area contributed by atoms with Crippen LogP contribution in [-0.2, 0) is 6.54 Å². The fourth-order valence-electron chi connectivity index (χ4n) is 3.61. The van der Waals surface area contributed by atoms with Crippen LogP contribution < -0.4 is 4.90 Å². The van der Waals surface area contributed by atoms with Gasteiger partial charge in [0, 0.05) is 16.5 Å². The summed E-state index contributed by atoms with van der Waals surface area (Å²) >= 11 is 0. The minimum absolute atomic E-state index is 0.159.